The van der Waals surface area contributed by atoms with Crippen molar-refractivity contribution in [3.05, 3.63) is 28.2 Å². The minimum Gasteiger partial charge on any atom is -0.394 e. The highest BCUT2D eigenvalue weighted by Gasteiger charge is 2.18. The van der Waals surface area contributed by atoms with E-state index in [2.05, 4.69) is 10.6 Å². The number of aliphatic hydroxyl groups is 1. The van der Waals surface area contributed by atoms with E-state index in [1.807, 2.05) is 0 Å². The first-order valence-electron chi connectivity index (χ1n) is 5.66. The van der Waals surface area contributed by atoms with Crippen molar-refractivity contribution in [2.75, 3.05) is 11.9 Å². The molecular weight excluding hydrogens is 291 g/mol. The van der Waals surface area contributed by atoms with E-state index in [0.717, 1.165) is 0 Å². The van der Waals surface area contributed by atoms with Gasteiger partial charge in [-0.1, -0.05) is 36.2 Å². The molecule has 0 fully saturated rings. The molecule has 7 heteroatoms. The van der Waals surface area contributed by atoms with E-state index in [1.54, 1.807) is 19.1 Å². The zero-order valence-electron chi connectivity index (χ0n) is 10.2. The molecular formula is C12H14Cl2N2O3. The van der Waals surface area contributed by atoms with Crippen molar-refractivity contribution in [2.24, 2.45) is 0 Å². The first kappa shape index (κ1) is 15.8. The van der Waals surface area contributed by atoms with Crippen molar-refractivity contribution in [1.29, 1.82) is 0 Å². The molecule has 1 rings (SSSR count). The maximum Gasteiger partial charge on any atom is 0.313 e. The Morgan fingerprint density at radius 1 is 1.32 bits per heavy atom. The van der Waals surface area contributed by atoms with Crippen LogP contribution in [0.4, 0.5) is 5.69 Å². The molecule has 0 saturated carbocycles. The second-order valence-corrected chi connectivity index (χ2v) is 4.60. The number of amides is 2. The summed E-state index contributed by atoms with van der Waals surface area (Å²) in [4.78, 5) is 23.2. The fourth-order valence-electron chi connectivity index (χ4n) is 1.31. The summed E-state index contributed by atoms with van der Waals surface area (Å²) in [5.74, 6) is -1.70. The fraction of sp³-hybridized carbons (Fsp3) is 0.333. The third kappa shape index (κ3) is 4.38. The van der Waals surface area contributed by atoms with Gasteiger partial charge in [-0.25, -0.2) is 0 Å². The highest BCUT2D eigenvalue weighted by atomic mass is 35.5. The van der Waals surface area contributed by atoms with E-state index in [9.17, 15) is 9.59 Å². The van der Waals surface area contributed by atoms with Crippen LogP contribution in [0.15, 0.2) is 18.2 Å². The first-order chi connectivity index (χ1) is 8.99. The van der Waals surface area contributed by atoms with Gasteiger partial charge in [0.05, 0.1) is 28.4 Å². The Hall–Kier alpha value is -1.30. The van der Waals surface area contributed by atoms with Gasteiger partial charge in [0.15, 0.2) is 0 Å². The number of halogens is 2. The van der Waals surface area contributed by atoms with E-state index in [0.29, 0.717) is 6.42 Å². The number of carbonyl (C=O) groups excluding carboxylic acids is 2. The number of benzene rings is 1. The average Bonchev–Trinajstić information content (AvgIpc) is 2.40. The molecule has 5 nitrogen and oxygen atoms in total. The van der Waals surface area contributed by atoms with Crippen LogP contribution in [-0.2, 0) is 9.59 Å². The maximum absolute atomic E-state index is 11.6. The molecule has 0 saturated heterocycles. The minimum absolute atomic E-state index is 0.166. The first-order valence-corrected chi connectivity index (χ1v) is 6.41. The van der Waals surface area contributed by atoms with Crippen molar-refractivity contribution >= 4 is 40.7 Å². The second kappa shape index (κ2) is 7.33. The van der Waals surface area contributed by atoms with Gasteiger partial charge in [0, 0.05) is 0 Å². The molecule has 0 heterocycles. The second-order valence-electron chi connectivity index (χ2n) is 3.82. The Labute approximate surface area is 120 Å². The predicted octanol–water partition coefficient (Wildman–Crippen LogP) is 1.82. The summed E-state index contributed by atoms with van der Waals surface area (Å²) >= 11 is 11.7. The van der Waals surface area contributed by atoms with Gasteiger partial charge in [0.1, 0.15) is 0 Å². The van der Waals surface area contributed by atoms with Crippen LogP contribution in [0.5, 0.6) is 0 Å². The lowest BCUT2D eigenvalue weighted by Gasteiger charge is -2.14. The van der Waals surface area contributed by atoms with Crippen LogP contribution in [0.3, 0.4) is 0 Å². The van der Waals surface area contributed by atoms with Gasteiger partial charge in [-0.15, -0.1) is 0 Å². The summed E-state index contributed by atoms with van der Waals surface area (Å²) in [5, 5.41) is 14.1. The Morgan fingerprint density at radius 3 is 2.58 bits per heavy atom. The zero-order valence-corrected chi connectivity index (χ0v) is 11.8. The lowest BCUT2D eigenvalue weighted by Crippen LogP contribution is -2.43. The molecule has 0 bridgehead atoms. The summed E-state index contributed by atoms with van der Waals surface area (Å²) in [6.45, 7) is 1.56. The normalized spacial score (nSPS) is 11.8. The highest BCUT2D eigenvalue weighted by Crippen LogP contribution is 2.29. The molecule has 1 aromatic rings. The number of rotatable bonds is 4. The topological polar surface area (TPSA) is 78.4 Å². The molecule has 104 valence electrons. The van der Waals surface area contributed by atoms with Crippen molar-refractivity contribution in [1.82, 2.24) is 5.32 Å². The fourth-order valence-corrected chi connectivity index (χ4v) is 1.65. The molecule has 19 heavy (non-hydrogen) atoms. The van der Waals surface area contributed by atoms with Gasteiger partial charge >= 0.3 is 11.8 Å². The van der Waals surface area contributed by atoms with E-state index in [-0.39, 0.29) is 22.3 Å². The molecule has 3 N–H and O–H groups in total. The lowest BCUT2D eigenvalue weighted by molar-refractivity contribution is -0.136. The monoisotopic (exact) mass is 304 g/mol. The number of aliphatic hydroxyl groups excluding tert-OH is 1. The number of hydrogen-bond donors (Lipinski definition) is 3. The third-order valence-corrected chi connectivity index (χ3v) is 3.27. The van der Waals surface area contributed by atoms with Crippen molar-refractivity contribution in [2.45, 2.75) is 19.4 Å². The smallest absolute Gasteiger partial charge is 0.313 e. The maximum atomic E-state index is 11.6. The van der Waals surface area contributed by atoms with Gasteiger partial charge in [-0.05, 0) is 18.6 Å². The molecule has 0 aliphatic heterocycles. The number of anilines is 1. The number of nitrogens with one attached hydrogen (secondary N) is 2. The lowest BCUT2D eigenvalue weighted by atomic mass is 10.2. The van der Waals surface area contributed by atoms with Crippen LogP contribution in [0.1, 0.15) is 13.3 Å². The molecule has 0 aromatic heterocycles. The largest absolute Gasteiger partial charge is 0.394 e. The van der Waals surface area contributed by atoms with Gasteiger partial charge in [-0.2, -0.15) is 0 Å². The van der Waals surface area contributed by atoms with E-state index in [1.165, 1.54) is 6.07 Å². The summed E-state index contributed by atoms with van der Waals surface area (Å²) < 4.78 is 0. The summed E-state index contributed by atoms with van der Waals surface area (Å²) in [6, 6.07) is 4.25. The predicted molar refractivity (Wildman–Crippen MR) is 74.4 cm³/mol. The van der Waals surface area contributed by atoms with Gasteiger partial charge in [-0.3, -0.25) is 9.59 Å². The summed E-state index contributed by atoms with van der Waals surface area (Å²) in [6.07, 6.45) is 0.521. The molecule has 0 aliphatic carbocycles. The van der Waals surface area contributed by atoms with Crippen LogP contribution in [0.2, 0.25) is 10.0 Å². The summed E-state index contributed by atoms with van der Waals surface area (Å²) in [7, 11) is 0. The van der Waals surface area contributed by atoms with Gasteiger partial charge < -0.3 is 15.7 Å². The molecule has 0 spiro atoms. The molecule has 2 amide bonds. The third-order valence-electron chi connectivity index (χ3n) is 2.45. The Kier molecular flexibility index (Phi) is 6.08. The molecule has 0 unspecified atom stereocenters. The zero-order chi connectivity index (χ0) is 14.4. The Morgan fingerprint density at radius 2 is 2.00 bits per heavy atom. The van der Waals surface area contributed by atoms with E-state index >= 15 is 0 Å². The van der Waals surface area contributed by atoms with Gasteiger partial charge in [0.2, 0.25) is 0 Å². The van der Waals surface area contributed by atoms with Crippen LogP contribution >= 0.6 is 23.2 Å². The molecule has 0 aliphatic rings. The standard InChI is InChI=1S/C12H14Cl2N2O3/c1-2-7(6-17)15-11(18)12(19)16-9-5-3-4-8(13)10(9)14/h3-5,7,17H,2,6H2,1H3,(H,15,18)(H,16,19)/t7-/m1/s1. The molecule has 1 aromatic carbocycles. The number of hydrogen-bond acceptors (Lipinski definition) is 3. The molecule has 1 atom stereocenters. The van der Waals surface area contributed by atoms with Crippen LogP contribution < -0.4 is 10.6 Å². The van der Waals surface area contributed by atoms with Crippen molar-refractivity contribution in [3.8, 4) is 0 Å². The van der Waals surface area contributed by atoms with Crippen LogP contribution in [-0.4, -0.2) is 29.6 Å². The van der Waals surface area contributed by atoms with E-state index in [4.69, 9.17) is 28.3 Å². The highest BCUT2D eigenvalue weighted by molar-refractivity contribution is 6.45. The van der Waals surface area contributed by atoms with Crippen LogP contribution in [0, 0.1) is 0 Å². The Bertz CT molecular complexity index is 476. The quantitative estimate of drug-likeness (QED) is 0.742. The van der Waals surface area contributed by atoms with Crippen LogP contribution in [0.25, 0.3) is 0 Å². The van der Waals surface area contributed by atoms with Gasteiger partial charge in [0.25, 0.3) is 0 Å². The summed E-state index contributed by atoms with van der Waals surface area (Å²) in [5.41, 5.74) is 0.256. The SMILES string of the molecule is CC[C@H](CO)NC(=O)C(=O)Nc1cccc(Cl)c1Cl. The van der Waals surface area contributed by atoms with Crippen molar-refractivity contribution < 1.29 is 14.7 Å². The van der Waals surface area contributed by atoms with Crippen molar-refractivity contribution in [3.63, 3.8) is 0 Å². The van der Waals surface area contributed by atoms with E-state index < -0.39 is 17.9 Å². The minimum atomic E-state index is -0.865. The number of carbonyl (C=O) groups is 2. The molecule has 0 radical (unpaired) electrons. The average molecular weight is 305 g/mol. The Balaban J connectivity index is 2.69.